The standard InChI is InChI=1S/C17H18ClNO4S/c1-12-7-8-15(10-16(12)18)24(21,22)19-11-14-6-4-3-5-13(14)9-17(20)23-2/h3-8,10,19H,9,11H2,1-2H3. The van der Waals surface area contributed by atoms with E-state index in [9.17, 15) is 13.2 Å². The number of carbonyl (C=O) groups is 1. The largest absolute Gasteiger partial charge is 0.469 e. The average Bonchev–Trinajstić information content (AvgIpc) is 2.56. The van der Waals surface area contributed by atoms with Crippen molar-refractivity contribution in [3.05, 3.63) is 64.2 Å². The summed E-state index contributed by atoms with van der Waals surface area (Å²) in [5.41, 5.74) is 2.23. The molecule has 0 spiro atoms. The zero-order valence-corrected chi connectivity index (χ0v) is 14.9. The number of sulfonamides is 1. The molecule has 0 aliphatic rings. The van der Waals surface area contributed by atoms with Crippen LogP contribution in [0.1, 0.15) is 16.7 Å². The van der Waals surface area contributed by atoms with Gasteiger partial charge in [-0.15, -0.1) is 0 Å². The summed E-state index contributed by atoms with van der Waals surface area (Å²) < 4.78 is 32.0. The van der Waals surface area contributed by atoms with Gasteiger partial charge >= 0.3 is 5.97 Å². The Kier molecular flexibility index (Phi) is 5.99. The first-order chi connectivity index (χ1) is 11.3. The lowest BCUT2D eigenvalue weighted by Gasteiger charge is -2.11. The number of nitrogens with one attached hydrogen (secondary N) is 1. The Hall–Kier alpha value is -1.89. The molecule has 0 aromatic heterocycles. The van der Waals surface area contributed by atoms with Crippen LogP contribution in [0.2, 0.25) is 5.02 Å². The van der Waals surface area contributed by atoms with Crippen molar-refractivity contribution >= 4 is 27.6 Å². The molecule has 0 aliphatic carbocycles. The lowest BCUT2D eigenvalue weighted by atomic mass is 10.1. The first kappa shape index (κ1) is 18.4. The van der Waals surface area contributed by atoms with Gasteiger partial charge in [0.25, 0.3) is 0 Å². The van der Waals surface area contributed by atoms with Gasteiger partial charge in [-0.3, -0.25) is 4.79 Å². The molecule has 0 fully saturated rings. The zero-order valence-electron chi connectivity index (χ0n) is 13.4. The van der Waals surface area contributed by atoms with Gasteiger partial charge in [-0.2, -0.15) is 0 Å². The molecule has 0 atom stereocenters. The normalized spacial score (nSPS) is 11.3. The maximum atomic E-state index is 12.4. The van der Waals surface area contributed by atoms with E-state index >= 15 is 0 Å². The molecule has 7 heteroatoms. The first-order valence-electron chi connectivity index (χ1n) is 7.23. The predicted molar refractivity (Wildman–Crippen MR) is 92.4 cm³/mol. The summed E-state index contributed by atoms with van der Waals surface area (Å²) in [6, 6.07) is 11.7. The number of ether oxygens (including phenoxy) is 1. The minimum atomic E-state index is -3.70. The molecule has 0 aliphatic heterocycles. The van der Waals surface area contributed by atoms with Crippen molar-refractivity contribution in [3.63, 3.8) is 0 Å². The van der Waals surface area contributed by atoms with E-state index in [0.717, 1.165) is 5.56 Å². The monoisotopic (exact) mass is 367 g/mol. The molecule has 0 radical (unpaired) electrons. The lowest BCUT2D eigenvalue weighted by Crippen LogP contribution is -2.24. The number of methoxy groups -OCH3 is 1. The van der Waals surface area contributed by atoms with Crippen LogP contribution in [0.3, 0.4) is 0 Å². The molecule has 1 N–H and O–H groups in total. The van der Waals surface area contributed by atoms with Gasteiger partial charge in [-0.1, -0.05) is 41.9 Å². The summed E-state index contributed by atoms with van der Waals surface area (Å²) in [7, 11) is -2.38. The van der Waals surface area contributed by atoms with Crippen LogP contribution >= 0.6 is 11.6 Å². The molecule has 0 unspecified atom stereocenters. The smallest absolute Gasteiger partial charge is 0.309 e. The Morgan fingerprint density at radius 1 is 1.17 bits per heavy atom. The number of rotatable bonds is 6. The number of hydrogen-bond acceptors (Lipinski definition) is 4. The van der Waals surface area contributed by atoms with E-state index in [4.69, 9.17) is 11.6 Å². The van der Waals surface area contributed by atoms with Crippen LogP contribution < -0.4 is 4.72 Å². The quantitative estimate of drug-likeness (QED) is 0.797. The van der Waals surface area contributed by atoms with Crippen LogP contribution in [0.15, 0.2) is 47.4 Å². The van der Waals surface area contributed by atoms with Crippen molar-refractivity contribution < 1.29 is 17.9 Å². The predicted octanol–water partition coefficient (Wildman–Crippen LogP) is 2.84. The minimum absolute atomic E-state index is 0.0704. The summed E-state index contributed by atoms with van der Waals surface area (Å²) in [5, 5.41) is 0.393. The highest BCUT2D eigenvalue weighted by molar-refractivity contribution is 7.89. The van der Waals surface area contributed by atoms with Crippen molar-refractivity contribution in [2.24, 2.45) is 0 Å². The molecule has 0 saturated heterocycles. The first-order valence-corrected chi connectivity index (χ1v) is 9.09. The van der Waals surface area contributed by atoms with Crippen molar-refractivity contribution in [1.82, 2.24) is 4.72 Å². The molecule has 0 saturated carbocycles. The topological polar surface area (TPSA) is 72.5 Å². The molecule has 2 aromatic carbocycles. The summed E-state index contributed by atoms with van der Waals surface area (Å²) in [6.07, 6.45) is 0.0881. The number of hydrogen-bond donors (Lipinski definition) is 1. The van der Waals surface area contributed by atoms with E-state index in [1.807, 2.05) is 0 Å². The molecule has 24 heavy (non-hydrogen) atoms. The SMILES string of the molecule is COC(=O)Cc1ccccc1CNS(=O)(=O)c1ccc(C)c(Cl)c1. The maximum absolute atomic E-state index is 12.4. The van der Waals surface area contributed by atoms with Gasteiger partial charge in [0.1, 0.15) is 0 Å². The fraction of sp³-hybridized carbons (Fsp3) is 0.235. The summed E-state index contributed by atoms with van der Waals surface area (Å²) in [6.45, 7) is 1.87. The van der Waals surface area contributed by atoms with E-state index in [0.29, 0.717) is 16.1 Å². The van der Waals surface area contributed by atoms with Gasteiger partial charge in [0.2, 0.25) is 10.0 Å². The van der Waals surface area contributed by atoms with Gasteiger partial charge in [0.15, 0.2) is 0 Å². The van der Waals surface area contributed by atoms with Crippen LogP contribution in [0, 0.1) is 6.92 Å². The van der Waals surface area contributed by atoms with Gasteiger partial charge in [0.05, 0.1) is 18.4 Å². The zero-order chi connectivity index (χ0) is 17.7. The van der Waals surface area contributed by atoms with E-state index in [1.54, 1.807) is 37.3 Å². The maximum Gasteiger partial charge on any atom is 0.309 e. The Labute approximate surface area is 146 Å². The average molecular weight is 368 g/mol. The summed E-state index contributed by atoms with van der Waals surface area (Å²) in [4.78, 5) is 11.6. The molecule has 0 bridgehead atoms. The van der Waals surface area contributed by atoms with Crippen LogP contribution in [-0.2, 0) is 32.5 Å². The van der Waals surface area contributed by atoms with Crippen LogP contribution in [-0.4, -0.2) is 21.5 Å². The third-order valence-corrected chi connectivity index (χ3v) is 5.39. The van der Waals surface area contributed by atoms with Gasteiger partial charge < -0.3 is 4.74 Å². The Bertz CT molecular complexity index is 849. The second-order valence-corrected chi connectivity index (χ2v) is 7.43. The molecule has 5 nitrogen and oxygen atoms in total. The second-order valence-electron chi connectivity index (χ2n) is 5.26. The summed E-state index contributed by atoms with van der Waals surface area (Å²) in [5.74, 6) is -0.379. The number of halogens is 1. The number of aryl methyl sites for hydroxylation is 1. The van der Waals surface area contributed by atoms with Crippen LogP contribution in [0.4, 0.5) is 0 Å². The molecule has 2 aromatic rings. The highest BCUT2D eigenvalue weighted by Crippen LogP contribution is 2.20. The molecular formula is C17H18ClNO4S. The lowest BCUT2D eigenvalue weighted by molar-refractivity contribution is -0.139. The van der Waals surface area contributed by atoms with Crippen LogP contribution in [0.5, 0.6) is 0 Å². The third-order valence-electron chi connectivity index (χ3n) is 3.59. The highest BCUT2D eigenvalue weighted by Gasteiger charge is 2.16. The highest BCUT2D eigenvalue weighted by atomic mass is 35.5. The molecular weight excluding hydrogens is 350 g/mol. The van der Waals surface area contributed by atoms with Crippen LogP contribution in [0.25, 0.3) is 0 Å². The minimum Gasteiger partial charge on any atom is -0.469 e. The van der Waals surface area contributed by atoms with Gasteiger partial charge in [-0.25, -0.2) is 13.1 Å². The number of esters is 1. The van der Waals surface area contributed by atoms with Crippen molar-refractivity contribution in [1.29, 1.82) is 0 Å². The molecule has 2 rings (SSSR count). The molecule has 0 amide bonds. The Balaban J connectivity index is 2.18. The number of benzene rings is 2. The van der Waals surface area contributed by atoms with Gasteiger partial charge in [0, 0.05) is 11.6 Å². The van der Waals surface area contributed by atoms with Crippen molar-refractivity contribution in [3.8, 4) is 0 Å². The van der Waals surface area contributed by atoms with Gasteiger partial charge in [-0.05, 0) is 35.7 Å². The van der Waals surface area contributed by atoms with Crippen molar-refractivity contribution in [2.45, 2.75) is 24.8 Å². The van der Waals surface area contributed by atoms with Crippen molar-refractivity contribution in [2.75, 3.05) is 7.11 Å². The third kappa shape index (κ3) is 4.56. The summed E-state index contributed by atoms with van der Waals surface area (Å²) >= 11 is 5.99. The Morgan fingerprint density at radius 2 is 1.83 bits per heavy atom. The fourth-order valence-corrected chi connectivity index (χ4v) is 3.40. The molecule has 0 heterocycles. The van der Waals surface area contributed by atoms with E-state index in [-0.39, 0.29) is 23.8 Å². The Morgan fingerprint density at radius 3 is 2.46 bits per heavy atom. The molecule has 128 valence electrons. The second kappa shape index (κ2) is 7.79. The van der Waals surface area contributed by atoms with E-state index in [2.05, 4.69) is 9.46 Å². The number of carbonyl (C=O) groups excluding carboxylic acids is 1. The fourth-order valence-electron chi connectivity index (χ4n) is 2.13. The van der Waals surface area contributed by atoms with E-state index < -0.39 is 10.0 Å². The van der Waals surface area contributed by atoms with E-state index in [1.165, 1.54) is 19.2 Å².